The number of hydrogen-bond acceptors (Lipinski definition) is 3. The van der Waals surface area contributed by atoms with Gasteiger partial charge in [0, 0.05) is 19.2 Å². The van der Waals surface area contributed by atoms with Crippen LogP contribution in [0.25, 0.3) is 0 Å². The van der Waals surface area contributed by atoms with Gasteiger partial charge in [0.05, 0.1) is 0 Å². The quantitative estimate of drug-likeness (QED) is 0.792. The van der Waals surface area contributed by atoms with Crippen molar-refractivity contribution in [1.29, 1.82) is 0 Å². The van der Waals surface area contributed by atoms with E-state index in [1.54, 1.807) is 0 Å². The molecule has 0 saturated heterocycles. The van der Waals surface area contributed by atoms with Gasteiger partial charge in [0.2, 0.25) is 0 Å². The van der Waals surface area contributed by atoms with Gasteiger partial charge >= 0.3 is 0 Å². The van der Waals surface area contributed by atoms with E-state index in [0.717, 1.165) is 12.5 Å². The Bertz CT molecular complexity index is 329. The standard InChI is InChI=1S/C10H15F2N3/c1-3-5-14-10-8(12)6-7(11)9(15-10)13-4-2/h6H,3-5H2,1-2H3,(H2,13,14,15). The normalized spacial score (nSPS) is 10.1. The summed E-state index contributed by atoms with van der Waals surface area (Å²) in [6.45, 7) is 4.94. The van der Waals surface area contributed by atoms with E-state index in [1.165, 1.54) is 0 Å². The summed E-state index contributed by atoms with van der Waals surface area (Å²) in [5, 5.41) is 5.52. The monoisotopic (exact) mass is 215 g/mol. The molecule has 0 saturated carbocycles. The summed E-state index contributed by atoms with van der Waals surface area (Å²) in [5.74, 6) is -1.16. The molecule has 0 unspecified atom stereocenters. The lowest BCUT2D eigenvalue weighted by Gasteiger charge is -2.09. The second-order valence-corrected chi connectivity index (χ2v) is 3.11. The molecule has 2 N–H and O–H groups in total. The molecule has 0 aliphatic heterocycles. The zero-order valence-electron chi connectivity index (χ0n) is 8.90. The molecule has 0 radical (unpaired) electrons. The minimum Gasteiger partial charge on any atom is -0.368 e. The van der Waals surface area contributed by atoms with Crippen molar-refractivity contribution in [2.45, 2.75) is 20.3 Å². The molecule has 0 aliphatic carbocycles. The van der Waals surface area contributed by atoms with Gasteiger partial charge in [0.25, 0.3) is 0 Å². The van der Waals surface area contributed by atoms with Crippen molar-refractivity contribution in [2.75, 3.05) is 23.7 Å². The summed E-state index contributed by atoms with van der Waals surface area (Å²) in [4.78, 5) is 3.83. The minimum absolute atomic E-state index is 0.0810. The highest BCUT2D eigenvalue weighted by Crippen LogP contribution is 2.18. The van der Waals surface area contributed by atoms with Crippen molar-refractivity contribution in [3.8, 4) is 0 Å². The van der Waals surface area contributed by atoms with Crippen LogP contribution in [-0.4, -0.2) is 18.1 Å². The van der Waals surface area contributed by atoms with Gasteiger partial charge in [0.15, 0.2) is 23.3 Å². The largest absolute Gasteiger partial charge is 0.368 e. The molecule has 5 heteroatoms. The molecule has 84 valence electrons. The lowest BCUT2D eigenvalue weighted by molar-refractivity contribution is 0.578. The molecule has 1 rings (SSSR count). The van der Waals surface area contributed by atoms with Crippen LogP contribution < -0.4 is 10.6 Å². The van der Waals surface area contributed by atoms with Crippen LogP contribution in [0.3, 0.4) is 0 Å². The highest BCUT2D eigenvalue weighted by Gasteiger charge is 2.10. The van der Waals surface area contributed by atoms with Gasteiger partial charge in [-0.3, -0.25) is 0 Å². The fourth-order valence-corrected chi connectivity index (χ4v) is 1.13. The average molecular weight is 215 g/mol. The number of rotatable bonds is 5. The molecule has 0 atom stereocenters. The second kappa shape index (κ2) is 5.48. The highest BCUT2D eigenvalue weighted by atomic mass is 19.1. The van der Waals surface area contributed by atoms with Gasteiger partial charge in [-0.2, -0.15) is 0 Å². The van der Waals surface area contributed by atoms with Crippen molar-refractivity contribution in [3.63, 3.8) is 0 Å². The Kier molecular flexibility index (Phi) is 4.27. The number of anilines is 2. The van der Waals surface area contributed by atoms with Crippen LogP contribution in [-0.2, 0) is 0 Å². The van der Waals surface area contributed by atoms with Crippen molar-refractivity contribution in [1.82, 2.24) is 4.98 Å². The van der Waals surface area contributed by atoms with E-state index in [4.69, 9.17) is 0 Å². The number of nitrogens with zero attached hydrogens (tertiary/aromatic N) is 1. The zero-order chi connectivity index (χ0) is 11.3. The lowest BCUT2D eigenvalue weighted by Crippen LogP contribution is -2.09. The summed E-state index contributed by atoms with van der Waals surface area (Å²) in [7, 11) is 0. The Morgan fingerprint density at radius 3 is 2.27 bits per heavy atom. The van der Waals surface area contributed by atoms with Crippen molar-refractivity contribution < 1.29 is 8.78 Å². The predicted molar refractivity (Wildman–Crippen MR) is 57.1 cm³/mol. The predicted octanol–water partition coefficient (Wildman–Crippen LogP) is 2.61. The third-order valence-electron chi connectivity index (χ3n) is 1.82. The van der Waals surface area contributed by atoms with Crippen LogP contribution in [0.5, 0.6) is 0 Å². The van der Waals surface area contributed by atoms with E-state index in [0.29, 0.717) is 13.1 Å². The van der Waals surface area contributed by atoms with Crippen LogP contribution in [0, 0.1) is 11.6 Å². The van der Waals surface area contributed by atoms with Crippen LogP contribution in [0.4, 0.5) is 20.4 Å². The Morgan fingerprint density at radius 1 is 1.13 bits per heavy atom. The molecular formula is C10H15F2N3. The van der Waals surface area contributed by atoms with Crippen molar-refractivity contribution >= 4 is 11.6 Å². The third-order valence-corrected chi connectivity index (χ3v) is 1.82. The molecule has 3 nitrogen and oxygen atoms in total. The van der Waals surface area contributed by atoms with Crippen molar-refractivity contribution in [2.24, 2.45) is 0 Å². The highest BCUT2D eigenvalue weighted by molar-refractivity contribution is 5.47. The molecule has 0 fully saturated rings. The maximum atomic E-state index is 13.2. The Morgan fingerprint density at radius 2 is 1.73 bits per heavy atom. The first-order chi connectivity index (χ1) is 7.19. The molecule has 1 aromatic heterocycles. The van der Waals surface area contributed by atoms with E-state index < -0.39 is 11.6 Å². The van der Waals surface area contributed by atoms with Gasteiger partial charge in [-0.05, 0) is 13.3 Å². The van der Waals surface area contributed by atoms with Crippen LogP contribution in [0.15, 0.2) is 6.07 Å². The van der Waals surface area contributed by atoms with Gasteiger partial charge in [0.1, 0.15) is 0 Å². The molecule has 0 aliphatic rings. The maximum absolute atomic E-state index is 13.2. The molecule has 0 aromatic carbocycles. The number of nitrogens with one attached hydrogen (secondary N) is 2. The average Bonchev–Trinajstić information content (AvgIpc) is 2.20. The van der Waals surface area contributed by atoms with Crippen LogP contribution >= 0.6 is 0 Å². The number of pyridine rings is 1. The first kappa shape index (κ1) is 11.7. The van der Waals surface area contributed by atoms with E-state index in [1.807, 2.05) is 13.8 Å². The summed E-state index contributed by atoms with van der Waals surface area (Å²) in [6.07, 6.45) is 0.856. The molecular weight excluding hydrogens is 200 g/mol. The summed E-state index contributed by atoms with van der Waals surface area (Å²) in [6, 6.07) is 0.836. The molecule has 1 heterocycles. The summed E-state index contributed by atoms with van der Waals surface area (Å²) in [5.41, 5.74) is 0. The zero-order valence-corrected chi connectivity index (χ0v) is 8.90. The van der Waals surface area contributed by atoms with Crippen LogP contribution in [0.2, 0.25) is 0 Å². The van der Waals surface area contributed by atoms with E-state index in [-0.39, 0.29) is 11.6 Å². The fraction of sp³-hybridized carbons (Fsp3) is 0.500. The fourth-order valence-electron chi connectivity index (χ4n) is 1.13. The summed E-state index contributed by atoms with van der Waals surface area (Å²) >= 11 is 0. The topological polar surface area (TPSA) is 37.0 Å². The molecule has 0 bridgehead atoms. The number of halogens is 2. The maximum Gasteiger partial charge on any atom is 0.168 e. The van der Waals surface area contributed by atoms with Gasteiger partial charge < -0.3 is 10.6 Å². The van der Waals surface area contributed by atoms with E-state index >= 15 is 0 Å². The van der Waals surface area contributed by atoms with Crippen LogP contribution in [0.1, 0.15) is 20.3 Å². The van der Waals surface area contributed by atoms with Crippen molar-refractivity contribution in [3.05, 3.63) is 17.7 Å². The first-order valence-electron chi connectivity index (χ1n) is 5.02. The van der Waals surface area contributed by atoms with Gasteiger partial charge in [-0.1, -0.05) is 6.92 Å². The number of hydrogen-bond donors (Lipinski definition) is 2. The molecule has 1 aromatic rings. The third kappa shape index (κ3) is 3.04. The lowest BCUT2D eigenvalue weighted by atomic mass is 10.3. The van der Waals surface area contributed by atoms with Gasteiger partial charge in [-0.25, -0.2) is 13.8 Å². The molecule has 0 spiro atoms. The Labute approximate surface area is 87.9 Å². The second-order valence-electron chi connectivity index (χ2n) is 3.11. The summed E-state index contributed by atoms with van der Waals surface area (Å²) < 4.78 is 26.3. The van der Waals surface area contributed by atoms with Gasteiger partial charge in [-0.15, -0.1) is 0 Å². The Balaban J connectivity index is 2.90. The Hall–Kier alpha value is -1.39. The van der Waals surface area contributed by atoms with E-state index in [2.05, 4.69) is 15.6 Å². The number of aromatic nitrogens is 1. The minimum atomic E-state index is -0.670. The smallest absolute Gasteiger partial charge is 0.168 e. The van der Waals surface area contributed by atoms with E-state index in [9.17, 15) is 8.78 Å². The molecule has 15 heavy (non-hydrogen) atoms. The molecule has 0 amide bonds. The SMILES string of the molecule is CCCNc1nc(NCC)c(F)cc1F. The first-order valence-corrected chi connectivity index (χ1v) is 5.02.